The van der Waals surface area contributed by atoms with Crippen molar-refractivity contribution in [1.82, 2.24) is 14.7 Å². The van der Waals surface area contributed by atoms with E-state index in [2.05, 4.69) is 5.10 Å². The third-order valence-electron chi connectivity index (χ3n) is 4.16. The van der Waals surface area contributed by atoms with Crippen LogP contribution >= 0.6 is 11.3 Å². The Morgan fingerprint density at radius 3 is 2.63 bits per heavy atom. The zero-order chi connectivity index (χ0) is 19.4. The second kappa shape index (κ2) is 8.32. The topological polar surface area (TPSA) is 73.7 Å². The number of para-hydroxylation sites is 1. The van der Waals surface area contributed by atoms with Crippen LogP contribution in [0.1, 0.15) is 15.4 Å². The number of aromatic nitrogens is 2. The lowest BCUT2D eigenvalue weighted by molar-refractivity contribution is -0.141. The maximum atomic E-state index is 13.0. The molecule has 3 aromatic rings. The molecule has 0 saturated heterocycles. The average molecular weight is 387 g/mol. The van der Waals surface area contributed by atoms with E-state index in [0.717, 1.165) is 21.6 Å². The molecule has 1 aromatic carbocycles. The van der Waals surface area contributed by atoms with Crippen LogP contribution in [0.3, 0.4) is 0 Å². The monoisotopic (exact) mass is 387 g/mol. The van der Waals surface area contributed by atoms with Crippen LogP contribution in [-0.2, 0) is 14.3 Å². The summed E-state index contributed by atoms with van der Waals surface area (Å²) in [6.07, 6.45) is 0. The summed E-state index contributed by atoms with van der Waals surface area (Å²) in [6.45, 7) is 2.45. The Bertz CT molecular complexity index is 949. The van der Waals surface area contributed by atoms with Gasteiger partial charge in [0, 0.05) is 19.0 Å². The molecule has 0 fully saturated rings. The van der Waals surface area contributed by atoms with E-state index >= 15 is 0 Å². The number of esters is 1. The zero-order valence-corrected chi connectivity index (χ0v) is 16.3. The van der Waals surface area contributed by atoms with E-state index in [0.29, 0.717) is 18.0 Å². The van der Waals surface area contributed by atoms with Gasteiger partial charge in [0.25, 0.3) is 5.91 Å². The van der Waals surface area contributed by atoms with E-state index in [1.54, 1.807) is 7.11 Å². The van der Waals surface area contributed by atoms with Crippen LogP contribution in [0.5, 0.6) is 0 Å². The van der Waals surface area contributed by atoms with Crippen molar-refractivity contribution in [2.24, 2.45) is 0 Å². The number of hydrogen-bond donors (Lipinski definition) is 0. The minimum absolute atomic E-state index is 0.114. The summed E-state index contributed by atoms with van der Waals surface area (Å²) in [7, 11) is 2.86. The van der Waals surface area contributed by atoms with Gasteiger partial charge in [-0.1, -0.05) is 18.2 Å². The number of amides is 1. The number of hydrogen-bond acceptors (Lipinski definition) is 6. The van der Waals surface area contributed by atoms with Crippen LogP contribution in [0.4, 0.5) is 0 Å². The summed E-state index contributed by atoms with van der Waals surface area (Å²) in [5.74, 6) is -0.690. The van der Waals surface area contributed by atoms with E-state index in [-0.39, 0.29) is 12.5 Å². The van der Waals surface area contributed by atoms with Crippen LogP contribution in [0.2, 0.25) is 0 Å². The van der Waals surface area contributed by atoms with Crippen LogP contribution in [0, 0.1) is 6.92 Å². The summed E-state index contributed by atoms with van der Waals surface area (Å²) in [4.78, 5) is 27.5. The van der Waals surface area contributed by atoms with Gasteiger partial charge in [-0.15, -0.1) is 11.3 Å². The van der Waals surface area contributed by atoms with Crippen molar-refractivity contribution in [2.75, 3.05) is 33.9 Å². The summed E-state index contributed by atoms with van der Waals surface area (Å²) < 4.78 is 11.6. The number of carbonyl (C=O) groups is 2. The standard InChI is InChI=1S/C19H21N3O4S/c1-13-15-11-16(18(24)21(9-10-25-2)12-17(23)26-3)27-19(15)22(20-13)14-7-5-4-6-8-14/h4-8,11H,9-10,12H2,1-3H3. The lowest BCUT2D eigenvalue weighted by Gasteiger charge is -2.20. The lowest BCUT2D eigenvalue weighted by Crippen LogP contribution is -2.38. The number of thiophene rings is 1. The SMILES string of the molecule is COCCN(CC(=O)OC)C(=O)c1cc2c(C)nn(-c3ccccc3)c2s1. The van der Waals surface area contributed by atoms with Crippen molar-refractivity contribution in [1.29, 1.82) is 0 Å². The smallest absolute Gasteiger partial charge is 0.325 e. The molecular formula is C19H21N3O4S. The van der Waals surface area contributed by atoms with Gasteiger partial charge in [0.2, 0.25) is 0 Å². The summed E-state index contributed by atoms with van der Waals surface area (Å²) in [6, 6.07) is 11.6. The van der Waals surface area contributed by atoms with Gasteiger partial charge >= 0.3 is 5.97 Å². The summed E-state index contributed by atoms with van der Waals surface area (Å²) in [5, 5.41) is 5.51. The highest BCUT2D eigenvalue weighted by Crippen LogP contribution is 2.31. The molecule has 7 nitrogen and oxygen atoms in total. The predicted octanol–water partition coefficient (Wildman–Crippen LogP) is 2.66. The number of nitrogens with zero attached hydrogens (tertiary/aromatic N) is 3. The quantitative estimate of drug-likeness (QED) is 0.583. The van der Waals surface area contributed by atoms with Gasteiger partial charge in [0.15, 0.2) is 0 Å². The maximum absolute atomic E-state index is 13.0. The Morgan fingerprint density at radius 1 is 1.22 bits per heavy atom. The Balaban J connectivity index is 1.95. The van der Waals surface area contributed by atoms with E-state index in [9.17, 15) is 9.59 Å². The second-order valence-electron chi connectivity index (χ2n) is 5.96. The van der Waals surface area contributed by atoms with Crippen LogP contribution in [0.15, 0.2) is 36.4 Å². The highest BCUT2D eigenvalue weighted by atomic mass is 32.1. The van der Waals surface area contributed by atoms with Crippen molar-refractivity contribution >= 4 is 33.4 Å². The Hall–Kier alpha value is -2.71. The van der Waals surface area contributed by atoms with E-state index in [4.69, 9.17) is 9.47 Å². The van der Waals surface area contributed by atoms with Crippen LogP contribution in [-0.4, -0.2) is 60.5 Å². The first-order valence-electron chi connectivity index (χ1n) is 8.44. The number of fused-ring (bicyclic) bond motifs is 1. The Morgan fingerprint density at radius 2 is 1.96 bits per heavy atom. The minimum Gasteiger partial charge on any atom is -0.468 e. The third kappa shape index (κ3) is 4.01. The van der Waals surface area contributed by atoms with Gasteiger partial charge in [-0.05, 0) is 25.1 Å². The van der Waals surface area contributed by atoms with Crippen molar-refractivity contribution < 1.29 is 19.1 Å². The van der Waals surface area contributed by atoms with Crippen LogP contribution in [0.25, 0.3) is 15.9 Å². The normalized spacial score (nSPS) is 10.9. The van der Waals surface area contributed by atoms with Crippen molar-refractivity contribution in [3.63, 3.8) is 0 Å². The molecule has 142 valence electrons. The number of carbonyl (C=O) groups excluding carboxylic acids is 2. The molecule has 8 heteroatoms. The van der Waals surface area contributed by atoms with E-state index in [1.807, 2.05) is 48.0 Å². The first-order valence-corrected chi connectivity index (χ1v) is 9.26. The molecule has 0 saturated carbocycles. The van der Waals surface area contributed by atoms with Gasteiger partial charge < -0.3 is 14.4 Å². The third-order valence-corrected chi connectivity index (χ3v) is 5.25. The van der Waals surface area contributed by atoms with Gasteiger partial charge in [0.05, 0.1) is 30.0 Å². The average Bonchev–Trinajstić information content (AvgIpc) is 3.25. The van der Waals surface area contributed by atoms with Gasteiger partial charge in [-0.25, -0.2) is 4.68 Å². The fourth-order valence-corrected chi connectivity index (χ4v) is 3.88. The number of ether oxygens (including phenoxy) is 2. The van der Waals surface area contributed by atoms with Gasteiger partial charge in [-0.3, -0.25) is 9.59 Å². The van der Waals surface area contributed by atoms with E-state index in [1.165, 1.54) is 23.3 Å². The first kappa shape index (κ1) is 19.1. The first-order chi connectivity index (χ1) is 13.0. The van der Waals surface area contributed by atoms with Crippen molar-refractivity contribution in [3.8, 4) is 5.69 Å². The summed E-state index contributed by atoms with van der Waals surface area (Å²) >= 11 is 1.36. The Kier molecular flexibility index (Phi) is 5.88. The van der Waals surface area contributed by atoms with Gasteiger partial charge in [0.1, 0.15) is 11.4 Å². The molecule has 2 heterocycles. The molecule has 27 heavy (non-hydrogen) atoms. The molecule has 0 bridgehead atoms. The molecule has 0 unspecified atom stereocenters. The molecule has 0 aliphatic rings. The molecular weight excluding hydrogens is 366 g/mol. The largest absolute Gasteiger partial charge is 0.468 e. The van der Waals surface area contributed by atoms with Crippen molar-refractivity contribution in [3.05, 3.63) is 47.0 Å². The molecule has 2 aromatic heterocycles. The van der Waals surface area contributed by atoms with Crippen molar-refractivity contribution in [2.45, 2.75) is 6.92 Å². The molecule has 1 amide bonds. The lowest BCUT2D eigenvalue weighted by atomic mass is 10.3. The van der Waals surface area contributed by atoms with Crippen LogP contribution < -0.4 is 0 Å². The minimum atomic E-state index is -0.466. The second-order valence-corrected chi connectivity index (χ2v) is 6.99. The highest BCUT2D eigenvalue weighted by Gasteiger charge is 2.23. The molecule has 3 rings (SSSR count). The summed E-state index contributed by atoms with van der Waals surface area (Å²) in [5.41, 5.74) is 1.78. The fourth-order valence-electron chi connectivity index (χ4n) is 2.73. The van der Waals surface area contributed by atoms with E-state index < -0.39 is 5.97 Å². The zero-order valence-electron chi connectivity index (χ0n) is 15.5. The number of benzene rings is 1. The number of methoxy groups -OCH3 is 2. The van der Waals surface area contributed by atoms with Gasteiger partial charge in [-0.2, -0.15) is 5.10 Å². The molecule has 0 atom stereocenters. The highest BCUT2D eigenvalue weighted by molar-refractivity contribution is 7.20. The number of aryl methyl sites for hydroxylation is 1. The molecule has 0 N–H and O–H groups in total. The molecule has 0 radical (unpaired) electrons. The Labute approximate surface area is 161 Å². The fraction of sp³-hybridized carbons (Fsp3) is 0.316. The molecule has 0 spiro atoms. The maximum Gasteiger partial charge on any atom is 0.325 e. The molecule has 0 aliphatic carbocycles. The molecule has 0 aliphatic heterocycles. The predicted molar refractivity (Wildman–Crippen MR) is 103 cm³/mol. The number of rotatable bonds is 7.